The van der Waals surface area contributed by atoms with Crippen LogP contribution in [-0.2, 0) is 36.4 Å². The summed E-state index contributed by atoms with van der Waals surface area (Å²) >= 11 is 0. The van der Waals surface area contributed by atoms with Gasteiger partial charge in [-0.2, -0.15) is 0 Å². The van der Waals surface area contributed by atoms with Crippen LogP contribution in [0.4, 0.5) is 0 Å². The maximum Gasteiger partial charge on any atom is 0.323 e. The van der Waals surface area contributed by atoms with Gasteiger partial charge in [0.05, 0.1) is 12.7 Å². The third-order valence-electron chi connectivity index (χ3n) is 8.06. The van der Waals surface area contributed by atoms with Gasteiger partial charge >= 0.3 is 19.5 Å². The zero-order valence-corrected chi connectivity index (χ0v) is 30.2. The zero-order valence-electron chi connectivity index (χ0n) is 29.3. The van der Waals surface area contributed by atoms with E-state index >= 15 is 0 Å². The summed E-state index contributed by atoms with van der Waals surface area (Å²) in [6.45, 7) is 15.2. The van der Waals surface area contributed by atoms with Gasteiger partial charge in [-0.3, -0.25) is 14.2 Å². The van der Waals surface area contributed by atoms with E-state index in [1.165, 1.54) is 0 Å². The van der Waals surface area contributed by atoms with Crippen LogP contribution < -0.4 is 14.6 Å². The summed E-state index contributed by atoms with van der Waals surface area (Å²) in [5.41, 5.74) is 6.15. The van der Waals surface area contributed by atoms with Crippen molar-refractivity contribution in [3.05, 3.63) is 106 Å². The van der Waals surface area contributed by atoms with Crippen LogP contribution in [0.25, 0.3) is 10.8 Å². The maximum absolute atomic E-state index is 14.3. The molecule has 256 valence electrons. The highest BCUT2D eigenvalue weighted by Crippen LogP contribution is 2.45. The molecule has 9 heteroatoms. The summed E-state index contributed by atoms with van der Waals surface area (Å²) < 4.78 is 37.4. The highest BCUT2D eigenvalue weighted by molar-refractivity contribution is 7.56. The van der Waals surface area contributed by atoms with Crippen LogP contribution in [0.5, 0.6) is 11.5 Å². The normalized spacial score (nSPS) is 13.4. The number of nitrogens with one attached hydrogen (secondary N) is 1. The molecule has 0 amide bonds. The lowest BCUT2D eigenvalue weighted by Crippen LogP contribution is -2.36. The summed E-state index contributed by atoms with van der Waals surface area (Å²) in [4.78, 5) is 24.6. The second-order valence-corrected chi connectivity index (χ2v) is 14.9. The lowest BCUT2D eigenvalue weighted by Gasteiger charge is -2.24. The predicted octanol–water partition coefficient (Wildman–Crippen LogP) is 9.16. The Morgan fingerprint density at radius 2 is 1.56 bits per heavy atom. The van der Waals surface area contributed by atoms with E-state index in [1.807, 2.05) is 80.6 Å². The molecule has 0 fully saturated rings. The largest absolute Gasteiger partial charge is 0.482 e. The number of aryl methyl sites for hydroxylation is 2. The molecule has 0 bridgehead atoms. The molecule has 0 aliphatic heterocycles. The predicted molar refractivity (Wildman–Crippen MR) is 191 cm³/mol. The molecule has 0 saturated carbocycles. The fraction of sp³-hybridized carbons (Fsp3) is 0.385. The first kappa shape index (κ1) is 36.9. The van der Waals surface area contributed by atoms with Crippen molar-refractivity contribution in [3.8, 4) is 11.5 Å². The van der Waals surface area contributed by atoms with Crippen molar-refractivity contribution in [1.29, 1.82) is 0 Å². The first-order valence-corrected chi connectivity index (χ1v) is 18.3. The molecular formula is C39H48NO7P. The number of hydrogen-bond donors (Lipinski definition) is 1. The van der Waals surface area contributed by atoms with Gasteiger partial charge in [0, 0.05) is 6.42 Å². The highest BCUT2D eigenvalue weighted by Gasteiger charge is 2.31. The van der Waals surface area contributed by atoms with Crippen LogP contribution in [0.3, 0.4) is 0 Å². The molecule has 8 nitrogen and oxygen atoms in total. The standard InChI is InChI=1S/C39H48NO7P/c1-9-38(41)47-37-18-17-30(21-35(37)25(2)3)22-36-27(6)19-33(20-28(36)7)44-24-48(43,40-29(8)39(42)46-26(4)5)45-23-32-15-12-14-31-13-10-11-16-34(31)32/h10-21,25-26,29H,9,22-24H2,1-8H3,(H,40,43)/t29-,48?/m0/s1. The molecule has 48 heavy (non-hydrogen) atoms. The van der Waals surface area contributed by atoms with E-state index in [0.29, 0.717) is 24.3 Å². The van der Waals surface area contributed by atoms with Crippen molar-refractivity contribution in [3.63, 3.8) is 0 Å². The van der Waals surface area contributed by atoms with Crippen molar-refractivity contribution in [2.75, 3.05) is 6.35 Å². The minimum absolute atomic E-state index is 0.0622. The quantitative estimate of drug-likeness (QED) is 0.0758. The fourth-order valence-corrected chi connectivity index (χ4v) is 7.10. The molecule has 2 atom stereocenters. The SMILES string of the molecule is CCC(=O)Oc1ccc(Cc2c(C)cc(OCP(=O)(N[C@@H](C)C(=O)OC(C)C)OCc3cccc4ccccc34)cc2C)cc1C(C)C. The molecule has 0 aliphatic rings. The number of ether oxygens (including phenoxy) is 3. The van der Waals surface area contributed by atoms with Gasteiger partial charge in [-0.15, -0.1) is 0 Å². The molecule has 4 aromatic rings. The molecule has 0 aliphatic carbocycles. The van der Waals surface area contributed by atoms with E-state index < -0.39 is 19.5 Å². The molecule has 4 aromatic carbocycles. The number of carbonyl (C=O) groups excluding carboxylic acids is 2. The first-order chi connectivity index (χ1) is 22.8. The lowest BCUT2D eigenvalue weighted by atomic mass is 9.93. The van der Waals surface area contributed by atoms with Crippen molar-refractivity contribution in [1.82, 2.24) is 5.09 Å². The minimum Gasteiger partial charge on any atom is -0.482 e. The maximum atomic E-state index is 14.3. The Labute approximate surface area is 284 Å². The van der Waals surface area contributed by atoms with Gasteiger partial charge in [0.15, 0.2) is 6.35 Å². The smallest absolute Gasteiger partial charge is 0.323 e. The Hall–Kier alpha value is -3.97. The fourth-order valence-electron chi connectivity index (χ4n) is 5.51. The molecule has 0 heterocycles. The van der Waals surface area contributed by atoms with Crippen LogP contribution in [0.2, 0.25) is 0 Å². The van der Waals surface area contributed by atoms with Gasteiger partial charge in [0.25, 0.3) is 0 Å². The molecule has 4 rings (SSSR count). The molecular weight excluding hydrogens is 625 g/mol. The second-order valence-electron chi connectivity index (χ2n) is 12.8. The Kier molecular flexibility index (Phi) is 12.6. The van der Waals surface area contributed by atoms with Crippen LogP contribution >= 0.6 is 7.52 Å². The van der Waals surface area contributed by atoms with Gasteiger partial charge in [0.1, 0.15) is 17.5 Å². The highest BCUT2D eigenvalue weighted by atomic mass is 31.2. The summed E-state index contributed by atoms with van der Waals surface area (Å²) in [7, 11) is -3.72. The van der Waals surface area contributed by atoms with Gasteiger partial charge < -0.3 is 18.7 Å². The minimum atomic E-state index is -3.72. The number of benzene rings is 4. The Morgan fingerprint density at radius 3 is 2.23 bits per heavy atom. The van der Waals surface area contributed by atoms with E-state index in [1.54, 1.807) is 27.7 Å². The topological polar surface area (TPSA) is 100 Å². The van der Waals surface area contributed by atoms with Gasteiger partial charge in [0.2, 0.25) is 0 Å². The summed E-state index contributed by atoms with van der Waals surface area (Å²) in [5, 5.41) is 4.95. The average Bonchev–Trinajstić information content (AvgIpc) is 3.04. The Balaban J connectivity index is 1.53. The number of carbonyl (C=O) groups is 2. The molecule has 0 spiro atoms. The molecule has 0 radical (unpaired) electrons. The van der Waals surface area contributed by atoms with Gasteiger partial charge in [-0.25, -0.2) is 5.09 Å². The summed E-state index contributed by atoms with van der Waals surface area (Å²) in [6, 6.07) is 22.8. The number of hydrogen-bond acceptors (Lipinski definition) is 7. The molecule has 1 unspecified atom stereocenters. The van der Waals surface area contributed by atoms with Crippen LogP contribution in [-0.4, -0.2) is 30.4 Å². The van der Waals surface area contributed by atoms with Crippen LogP contribution in [0.1, 0.15) is 87.3 Å². The van der Waals surface area contributed by atoms with Gasteiger partial charge in [-0.05, 0) is 109 Å². The zero-order chi connectivity index (χ0) is 35.0. The van der Waals surface area contributed by atoms with Crippen LogP contribution in [0, 0.1) is 13.8 Å². The number of esters is 2. The summed E-state index contributed by atoms with van der Waals surface area (Å²) in [5.74, 6) is 0.560. The van der Waals surface area contributed by atoms with E-state index in [2.05, 4.69) is 25.0 Å². The number of fused-ring (bicyclic) bond motifs is 1. The second kappa shape index (κ2) is 16.4. The molecule has 1 N–H and O–H groups in total. The van der Waals surface area contributed by atoms with Crippen LogP contribution in [0.15, 0.2) is 72.8 Å². The van der Waals surface area contributed by atoms with Crippen molar-refractivity contribution in [2.24, 2.45) is 0 Å². The van der Waals surface area contributed by atoms with E-state index in [4.69, 9.17) is 18.7 Å². The van der Waals surface area contributed by atoms with E-state index in [0.717, 1.165) is 44.2 Å². The first-order valence-electron chi connectivity index (χ1n) is 16.5. The third-order valence-corrected chi connectivity index (χ3v) is 9.86. The Morgan fingerprint density at radius 1 is 0.875 bits per heavy atom. The van der Waals surface area contributed by atoms with Crippen molar-refractivity contribution >= 4 is 30.2 Å². The number of rotatable bonds is 15. The molecule has 0 saturated heterocycles. The van der Waals surface area contributed by atoms with Crippen molar-refractivity contribution in [2.45, 2.75) is 92.9 Å². The van der Waals surface area contributed by atoms with Gasteiger partial charge in [-0.1, -0.05) is 75.4 Å². The van der Waals surface area contributed by atoms with E-state index in [-0.39, 0.29) is 30.9 Å². The lowest BCUT2D eigenvalue weighted by molar-refractivity contribution is -0.149. The van der Waals surface area contributed by atoms with Crippen molar-refractivity contribution < 1.29 is 32.9 Å². The Bertz CT molecular complexity index is 1770. The third kappa shape index (κ3) is 9.79. The average molecular weight is 674 g/mol. The summed E-state index contributed by atoms with van der Waals surface area (Å²) in [6.07, 6.45) is 0.401. The molecule has 0 aromatic heterocycles. The monoisotopic (exact) mass is 673 g/mol. The van der Waals surface area contributed by atoms with E-state index in [9.17, 15) is 14.2 Å².